The van der Waals surface area contributed by atoms with Crippen molar-refractivity contribution in [3.8, 4) is 0 Å². The van der Waals surface area contributed by atoms with Gasteiger partial charge < -0.3 is 11.1 Å². The van der Waals surface area contributed by atoms with Crippen molar-refractivity contribution >= 4 is 23.2 Å². The van der Waals surface area contributed by atoms with Gasteiger partial charge in [-0.3, -0.25) is 4.79 Å². The van der Waals surface area contributed by atoms with Crippen molar-refractivity contribution in [1.29, 1.82) is 0 Å². The van der Waals surface area contributed by atoms with Crippen LogP contribution in [-0.2, 0) is 6.54 Å². The van der Waals surface area contributed by atoms with Crippen molar-refractivity contribution in [1.82, 2.24) is 5.32 Å². The Morgan fingerprint density at radius 2 is 2.05 bits per heavy atom. The highest BCUT2D eigenvalue weighted by Gasteiger charge is 2.11. The second kappa shape index (κ2) is 5.71. The standard InChI is InChI=1S/C14H12ClFN2O/c15-10-4-5-13(16)12(7-10)14(19)18-8-9-2-1-3-11(17)6-9/h1-7H,8,17H2,(H,18,19). The molecule has 1 amide bonds. The van der Waals surface area contributed by atoms with Gasteiger partial charge in [-0.05, 0) is 35.9 Å². The number of hydrogen-bond acceptors (Lipinski definition) is 2. The molecule has 2 aromatic carbocycles. The molecular weight excluding hydrogens is 267 g/mol. The second-order valence-electron chi connectivity index (χ2n) is 4.05. The van der Waals surface area contributed by atoms with E-state index in [2.05, 4.69) is 5.32 Å². The SMILES string of the molecule is Nc1cccc(CNC(=O)c2cc(Cl)ccc2F)c1. The maximum absolute atomic E-state index is 13.5. The number of rotatable bonds is 3. The molecular formula is C14H12ClFN2O. The Balaban J connectivity index is 2.07. The third-order valence-corrected chi connectivity index (χ3v) is 2.81. The Morgan fingerprint density at radius 1 is 1.26 bits per heavy atom. The molecule has 0 aromatic heterocycles. The minimum Gasteiger partial charge on any atom is -0.399 e. The van der Waals surface area contributed by atoms with Gasteiger partial charge in [-0.2, -0.15) is 0 Å². The van der Waals surface area contributed by atoms with Crippen LogP contribution in [0.4, 0.5) is 10.1 Å². The van der Waals surface area contributed by atoms with Crippen molar-refractivity contribution < 1.29 is 9.18 Å². The number of nitrogens with one attached hydrogen (secondary N) is 1. The van der Waals surface area contributed by atoms with Crippen LogP contribution in [0.15, 0.2) is 42.5 Å². The van der Waals surface area contributed by atoms with Crippen LogP contribution in [0.5, 0.6) is 0 Å². The molecule has 3 nitrogen and oxygen atoms in total. The monoisotopic (exact) mass is 278 g/mol. The largest absolute Gasteiger partial charge is 0.399 e. The van der Waals surface area contributed by atoms with Crippen molar-refractivity contribution in [3.05, 3.63) is 64.4 Å². The van der Waals surface area contributed by atoms with Crippen molar-refractivity contribution in [2.24, 2.45) is 0 Å². The summed E-state index contributed by atoms with van der Waals surface area (Å²) < 4.78 is 13.5. The van der Waals surface area contributed by atoms with E-state index in [1.54, 1.807) is 18.2 Å². The lowest BCUT2D eigenvalue weighted by Crippen LogP contribution is -2.23. The average Bonchev–Trinajstić information content (AvgIpc) is 2.39. The summed E-state index contributed by atoms with van der Waals surface area (Å²) in [5.74, 6) is -1.11. The summed E-state index contributed by atoms with van der Waals surface area (Å²) in [6, 6.07) is 11.0. The number of nitrogens with two attached hydrogens (primary N) is 1. The van der Waals surface area contributed by atoms with E-state index in [0.29, 0.717) is 10.7 Å². The normalized spacial score (nSPS) is 10.2. The molecule has 0 radical (unpaired) electrons. The second-order valence-corrected chi connectivity index (χ2v) is 4.49. The molecule has 0 atom stereocenters. The summed E-state index contributed by atoms with van der Waals surface area (Å²) >= 11 is 5.74. The van der Waals surface area contributed by atoms with Crippen molar-refractivity contribution in [2.75, 3.05) is 5.73 Å². The van der Waals surface area contributed by atoms with Gasteiger partial charge in [-0.25, -0.2) is 4.39 Å². The van der Waals surface area contributed by atoms with Crippen LogP contribution in [0.2, 0.25) is 5.02 Å². The predicted octanol–water partition coefficient (Wildman–Crippen LogP) is 2.99. The zero-order valence-electron chi connectivity index (χ0n) is 9.99. The Labute approximate surface area is 115 Å². The molecule has 5 heteroatoms. The Kier molecular flexibility index (Phi) is 4.02. The van der Waals surface area contributed by atoms with Crippen LogP contribution < -0.4 is 11.1 Å². The number of carbonyl (C=O) groups excluding carboxylic acids is 1. The Bertz CT molecular complexity index is 616. The molecule has 2 aromatic rings. The van der Waals surface area contributed by atoms with Gasteiger partial charge in [0.2, 0.25) is 0 Å². The molecule has 0 aliphatic heterocycles. The third-order valence-electron chi connectivity index (χ3n) is 2.58. The van der Waals surface area contributed by atoms with Gasteiger partial charge in [-0.15, -0.1) is 0 Å². The third kappa shape index (κ3) is 3.45. The Morgan fingerprint density at radius 3 is 2.79 bits per heavy atom. The molecule has 0 saturated heterocycles. The van der Waals surface area contributed by atoms with Crippen molar-refractivity contribution in [3.63, 3.8) is 0 Å². The van der Waals surface area contributed by atoms with Gasteiger partial charge in [0, 0.05) is 17.3 Å². The lowest BCUT2D eigenvalue weighted by atomic mass is 10.1. The van der Waals surface area contributed by atoms with Crippen molar-refractivity contribution in [2.45, 2.75) is 6.54 Å². The lowest BCUT2D eigenvalue weighted by Gasteiger charge is -2.07. The smallest absolute Gasteiger partial charge is 0.254 e. The zero-order chi connectivity index (χ0) is 13.8. The van der Waals surface area contributed by atoms with E-state index in [4.69, 9.17) is 17.3 Å². The van der Waals surface area contributed by atoms with Crippen LogP contribution in [0.3, 0.4) is 0 Å². The summed E-state index contributed by atoms with van der Waals surface area (Å²) in [4.78, 5) is 11.8. The molecule has 0 aliphatic rings. The van der Waals surface area contributed by atoms with Crippen LogP contribution in [-0.4, -0.2) is 5.91 Å². The maximum Gasteiger partial charge on any atom is 0.254 e. The van der Waals surface area contributed by atoms with Crippen LogP contribution in [0.25, 0.3) is 0 Å². The quantitative estimate of drug-likeness (QED) is 0.848. The van der Waals surface area contributed by atoms with Gasteiger partial charge in [-0.1, -0.05) is 23.7 Å². The molecule has 0 heterocycles. The average molecular weight is 279 g/mol. The molecule has 2 rings (SSSR count). The number of nitrogen functional groups attached to an aromatic ring is 1. The first-order valence-corrected chi connectivity index (χ1v) is 6.02. The van der Waals surface area contributed by atoms with E-state index in [1.807, 2.05) is 6.07 Å². The fourth-order valence-electron chi connectivity index (χ4n) is 1.65. The van der Waals surface area contributed by atoms with E-state index in [0.717, 1.165) is 11.6 Å². The van der Waals surface area contributed by atoms with Crippen LogP contribution in [0, 0.1) is 5.82 Å². The molecule has 0 bridgehead atoms. The molecule has 0 fully saturated rings. The summed E-state index contributed by atoms with van der Waals surface area (Å²) in [6.45, 7) is 0.274. The summed E-state index contributed by atoms with van der Waals surface area (Å²) in [6.07, 6.45) is 0. The summed E-state index contributed by atoms with van der Waals surface area (Å²) in [7, 11) is 0. The maximum atomic E-state index is 13.5. The molecule has 0 unspecified atom stereocenters. The minimum absolute atomic E-state index is 0.0728. The lowest BCUT2D eigenvalue weighted by molar-refractivity contribution is 0.0947. The number of halogens is 2. The Hall–Kier alpha value is -2.07. The highest BCUT2D eigenvalue weighted by molar-refractivity contribution is 6.30. The number of anilines is 1. The molecule has 0 spiro atoms. The number of benzene rings is 2. The highest BCUT2D eigenvalue weighted by Crippen LogP contribution is 2.15. The van der Waals surface area contributed by atoms with E-state index in [1.165, 1.54) is 12.1 Å². The first-order chi connectivity index (χ1) is 9.06. The predicted molar refractivity (Wildman–Crippen MR) is 73.4 cm³/mol. The molecule has 19 heavy (non-hydrogen) atoms. The molecule has 0 aliphatic carbocycles. The number of amides is 1. The van der Waals surface area contributed by atoms with Gasteiger partial charge in [0.05, 0.1) is 5.56 Å². The topological polar surface area (TPSA) is 55.1 Å². The van der Waals surface area contributed by atoms with Gasteiger partial charge >= 0.3 is 0 Å². The van der Waals surface area contributed by atoms with Gasteiger partial charge in [0.1, 0.15) is 5.82 Å². The van der Waals surface area contributed by atoms with E-state index >= 15 is 0 Å². The number of carbonyl (C=O) groups is 1. The fourth-order valence-corrected chi connectivity index (χ4v) is 1.82. The van der Waals surface area contributed by atoms with E-state index in [9.17, 15) is 9.18 Å². The highest BCUT2D eigenvalue weighted by atomic mass is 35.5. The zero-order valence-corrected chi connectivity index (χ0v) is 10.7. The summed E-state index contributed by atoms with van der Waals surface area (Å²) in [5.41, 5.74) is 7.01. The number of hydrogen-bond donors (Lipinski definition) is 2. The first-order valence-electron chi connectivity index (χ1n) is 5.64. The minimum atomic E-state index is -0.602. The van der Waals surface area contributed by atoms with Gasteiger partial charge in [0.25, 0.3) is 5.91 Å². The molecule has 0 saturated carbocycles. The molecule has 98 valence electrons. The van der Waals surface area contributed by atoms with E-state index < -0.39 is 11.7 Å². The van der Waals surface area contributed by atoms with Gasteiger partial charge in [0.15, 0.2) is 0 Å². The van der Waals surface area contributed by atoms with Crippen LogP contribution >= 0.6 is 11.6 Å². The van der Waals surface area contributed by atoms with Crippen LogP contribution in [0.1, 0.15) is 15.9 Å². The van der Waals surface area contributed by atoms with E-state index in [-0.39, 0.29) is 12.1 Å². The first kappa shape index (κ1) is 13.4. The fraction of sp³-hybridized carbons (Fsp3) is 0.0714. The molecule has 3 N–H and O–H groups in total. The summed E-state index contributed by atoms with van der Waals surface area (Å²) in [5, 5.41) is 2.93.